The number of aliphatic hydroxyl groups excluding tert-OH is 3. The van der Waals surface area contributed by atoms with Gasteiger partial charge in [-0.2, -0.15) is 0 Å². The Morgan fingerprint density at radius 3 is 1.45 bits per heavy atom. The third-order valence-electron chi connectivity index (χ3n) is 6.00. The van der Waals surface area contributed by atoms with Gasteiger partial charge in [0.15, 0.2) is 20.2 Å². The minimum absolute atomic E-state index is 0.00173. The molecule has 1 aromatic rings. The summed E-state index contributed by atoms with van der Waals surface area (Å²) >= 11 is 0. The van der Waals surface area contributed by atoms with Crippen molar-refractivity contribution in [3.8, 4) is 5.75 Å². The maximum absolute atomic E-state index is 10.7. The largest absolute Gasteiger partial charge is 0.872 e. The molecule has 0 fully saturated rings. The van der Waals surface area contributed by atoms with Crippen molar-refractivity contribution in [2.45, 2.75) is 96.8 Å². The second-order valence-corrected chi connectivity index (χ2v) is 8.89. The van der Waals surface area contributed by atoms with Gasteiger partial charge in [-0.1, -0.05) is 108 Å². The molecule has 0 saturated heterocycles. The third kappa shape index (κ3) is 15.7. The zero-order valence-corrected chi connectivity index (χ0v) is 20.6. The highest BCUT2D eigenvalue weighted by molar-refractivity contribution is 5.90. The topological polar surface area (TPSA) is 121 Å². The first kappa shape index (κ1) is 31.3. The van der Waals surface area contributed by atoms with Crippen LogP contribution in [0.25, 0.3) is 0 Å². The second kappa shape index (κ2) is 20.9. The van der Waals surface area contributed by atoms with Gasteiger partial charge in [0.05, 0.1) is 12.1 Å². The number of nitrogens with zero attached hydrogens (tertiary/aromatic N) is 1. The molecule has 0 aliphatic heterocycles. The van der Waals surface area contributed by atoms with Gasteiger partial charge >= 0.3 is 5.97 Å². The van der Waals surface area contributed by atoms with Gasteiger partial charge in [-0.15, -0.1) is 0 Å². The van der Waals surface area contributed by atoms with E-state index in [4.69, 9.17) is 5.11 Å². The lowest BCUT2D eigenvalue weighted by Gasteiger charge is -2.31. The first-order chi connectivity index (χ1) is 16.0. The van der Waals surface area contributed by atoms with Crippen LogP contribution in [-0.4, -0.2) is 57.6 Å². The van der Waals surface area contributed by atoms with E-state index >= 15 is 0 Å². The van der Waals surface area contributed by atoms with Crippen molar-refractivity contribution < 1.29 is 34.8 Å². The Labute approximate surface area is 200 Å². The van der Waals surface area contributed by atoms with E-state index in [-0.39, 0.29) is 30.2 Å². The van der Waals surface area contributed by atoms with Crippen LogP contribution in [0.4, 0.5) is 0 Å². The molecule has 0 saturated carbocycles. The van der Waals surface area contributed by atoms with Gasteiger partial charge in [0, 0.05) is 0 Å². The van der Waals surface area contributed by atoms with E-state index < -0.39 is 11.7 Å². The lowest BCUT2D eigenvalue weighted by atomic mass is 10.0. The first-order valence-electron chi connectivity index (χ1n) is 12.6. The lowest BCUT2D eigenvalue weighted by Crippen LogP contribution is -2.50. The van der Waals surface area contributed by atoms with Crippen molar-refractivity contribution in [3.05, 3.63) is 29.8 Å². The van der Waals surface area contributed by atoms with E-state index in [9.17, 15) is 25.2 Å². The van der Waals surface area contributed by atoms with Gasteiger partial charge in [-0.05, 0) is 18.9 Å². The zero-order valence-electron chi connectivity index (χ0n) is 20.6. The van der Waals surface area contributed by atoms with E-state index in [0.717, 1.165) is 12.8 Å². The second-order valence-electron chi connectivity index (χ2n) is 8.89. The van der Waals surface area contributed by atoms with Crippen molar-refractivity contribution >= 4 is 5.97 Å². The Kier molecular flexibility index (Phi) is 19.8. The zero-order chi connectivity index (χ0) is 24.8. The highest BCUT2D eigenvalue weighted by Gasteiger charge is 2.23. The quantitative estimate of drug-likeness (QED) is 0.134. The first-order valence-corrected chi connectivity index (χ1v) is 12.6. The van der Waals surface area contributed by atoms with Crippen LogP contribution in [0.3, 0.4) is 0 Å². The molecule has 33 heavy (non-hydrogen) atoms. The molecule has 0 radical (unpaired) electrons. The normalized spacial score (nSPS) is 11.2. The molecule has 7 nitrogen and oxygen atoms in total. The summed E-state index contributed by atoms with van der Waals surface area (Å²) in [6.07, 6.45) is 18.5. The molecule has 0 heterocycles. The fourth-order valence-corrected chi connectivity index (χ4v) is 3.63. The molecular formula is C26H47NO6. The molecule has 0 bridgehead atoms. The van der Waals surface area contributed by atoms with Crippen molar-refractivity contribution in [1.82, 2.24) is 0 Å². The number of carbonyl (C=O) groups is 1. The van der Waals surface area contributed by atoms with Crippen molar-refractivity contribution in [2.24, 2.45) is 0 Å². The predicted molar refractivity (Wildman–Crippen MR) is 130 cm³/mol. The highest BCUT2D eigenvalue weighted by Crippen LogP contribution is 2.14. The Balaban J connectivity index is 0.000000843. The van der Waals surface area contributed by atoms with Crippen molar-refractivity contribution in [2.75, 3.05) is 26.7 Å². The van der Waals surface area contributed by atoms with Crippen LogP contribution in [-0.2, 0) is 0 Å². The van der Waals surface area contributed by atoms with Crippen LogP contribution < -0.4 is 5.11 Å². The van der Waals surface area contributed by atoms with E-state index in [1.807, 2.05) is 0 Å². The van der Waals surface area contributed by atoms with Crippen LogP contribution >= 0.6 is 0 Å². The minimum Gasteiger partial charge on any atom is -0.872 e. The van der Waals surface area contributed by atoms with Crippen LogP contribution in [0.5, 0.6) is 5.75 Å². The van der Waals surface area contributed by atoms with Gasteiger partial charge in [0.1, 0.15) is 0 Å². The van der Waals surface area contributed by atoms with Crippen molar-refractivity contribution in [3.63, 3.8) is 0 Å². The molecule has 0 aliphatic carbocycles. The number of hydrogen-bond donors (Lipinski definition) is 4. The smallest absolute Gasteiger partial charge is 0.335 e. The molecule has 0 atom stereocenters. The summed E-state index contributed by atoms with van der Waals surface area (Å²) in [6.45, 7) is 2.35. The molecule has 0 amide bonds. The number of unbranched alkanes of at least 4 members (excludes halogenated alkanes) is 13. The minimum atomic E-state index is -1.18. The summed E-state index contributed by atoms with van der Waals surface area (Å²) in [5.41, 5.74) is -0.178. The van der Waals surface area contributed by atoms with Crippen molar-refractivity contribution in [1.29, 1.82) is 0 Å². The molecule has 0 spiro atoms. The number of aromatic carboxylic acids is 1. The third-order valence-corrected chi connectivity index (χ3v) is 6.00. The van der Waals surface area contributed by atoms with Crippen LogP contribution in [0, 0.1) is 0 Å². The van der Waals surface area contributed by atoms with Gasteiger partial charge in [0.25, 0.3) is 0 Å². The number of quaternary nitrogens is 1. The van der Waals surface area contributed by atoms with Crippen LogP contribution in [0.1, 0.15) is 107 Å². The Morgan fingerprint density at radius 2 is 1.12 bits per heavy atom. The molecular weight excluding hydrogens is 422 g/mol. The van der Waals surface area contributed by atoms with E-state index in [2.05, 4.69) is 6.92 Å². The van der Waals surface area contributed by atoms with Crippen LogP contribution in [0.2, 0.25) is 0 Å². The van der Waals surface area contributed by atoms with E-state index in [0.29, 0.717) is 6.54 Å². The van der Waals surface area contributed by atoms with Crippen LogP contribution in [0.15, 0.2) is 24.3 Å². The van der Waals surface area contributed by atoms with Gasteiger partial charge < -0.3 is 25.5 Å². The molecule has 192 valence electrons. The van der Waals surface area contributed by atoms with E-state index in [1.54, 1.807) is 0 Å². The Bertz CT molecular complexity index is 584. The average molecular weight is 470 g/mol. The maximum Gasteiger partial charge on any atom is 0.335 e. The Hall–Kier alpha value is -1.67. The van der Waals surface area contributed by atoms with E-state index in [1.165, 1.54) is 101 Å². The predicted octanol–water partition coefficient (Wildman–Crippen LogP) is 4.59. The summed E-state index contributed by atoms with van der Waals surface area (Å²) in [7, 11) is 0. The average Bonchev–Trinajstić information content (AvgIpc) is 2.83. The molecule has 1 aromatic carbocycles. The summed E-state index contributed by atoms with van der Waals surface area (Å²) in [4.78, 5) is 10.2. The summed E-state index contributed by atoms with van der Waals surface area (Å²) in [6, 6.07) is 5.54. The SMILES string of the molecule is CCCCCCCCCCCCCCCC[N+](CO)(CO)CO.O=C(O)c1ccccc1[O-]. The highest BCUT2D eigenvalue weighted by atomic mass is 16.4. The molecule has 4 N–H and O–H groups in total. The molecule has 0 aromatic heterocycles. The fraction of sp³-hybridized carbons (Fsp3) is 0.731. The number of carboxylic acid groups (broad SMARTS) is 1. The number of aliphatic hydroxyl groups is 3. The number of carboxylic acids is 1. The standard InChI is InChI=1S/C19H42NO3.C7H6O3/c1-2-3-4-5-6-7-8-9-10-11-12-13-14-15-16-20(17-21,18-22)19-23;8-6-4-2-1-3-5(6)7(9)10/h21-23H,2-19H2,1H3;1-4,8H,(H,9,10)/q+1;/p-1. The summed E-state index contributed by atoms with van der Waals surface area (Å²) < 4.78 is -0.00173. The number of para-hydroxylation sites is 1. The molecule has 0 aliphatic rings. The summed E-state index contributed by atoms with van der Waals surface area (Å²) in [5.74, 6) is -1.62. The monoisotopic (exact) mass is 469 g/mol. The lowest BCUT2D eigenvalue weighted by molar-refractivity contribution is -0.976. The number of benzene rings is 1. The maximum atomic E-state index is 10.7. The number of rotatable bonds is 19. The molecule has 1 rings (SSSR count). The van der Waals surface area contributed by atoms with Gasteiger partial charge in [-0.25, -0.2) is 4.79 Å². The van der Waals surface area contributed by atoms with Gasteiger partial charge in [0.2, 0.25) is 0 Å². The number of hydrogen-bond acceptors (Lipinski definition) is 5. The summed E-state index contributed by atoms with van der Waals surface area (Å²) in [5, 5.41) is 46.7. The fourth-order valence-electron chi connectivity index (χ4n) is 3.63. The molecule has 0 unspecified atom stereocenters. The molecule has 7 heteroatoms. The Morgan fingerprint density at radius 1 is 0.727 bits per heavy atom. The van der Waals surface area contributed by atoms with Gasteiger partial charge in [-0.3, -0.25) is 4.48 Å².